The average Bonchev–Trinajstić information content (AvgIpc) is 1.84. The first-order chi connectivity index (χ1) is 5.45. The van der Waals surface area contributed by atoms with Gasteiger partial charge in [-0.05, 0) is 27.7 Å². The number of ether oxygens (including phenoxy) is 1. The van der Waals surface area contributed by atoms with E-state index in [-0.39, 0.29) is 0 Å². The second-order valence-electron chi connectivity index (χ2n) is 3.10. The van der Waals surface area contributed by atoms with Crippen molar-refractivity contribution in [3.8, 4) is 0 Å². The molecule has 12 heavy (non-hydrogen) atoms. The Morgan fingerprint density at radius 1 is 1.42 bits per heavy atom. The maximum absolute atomic E-state index is 10.6. The highest BCUT2D eigenvalue weighted by atomic mass is 17.3. The minimum Gasteiger partial charge on any atom is -0.448 e. The second-order valence-corrected chi connectivity index (χ2v) is 3.10. The van der Waals surface area contributed by atoms with Crippen molar-refractivity contribution in [2.45, 2.75) is 33.3 Å². The highest BCUT2D eigenvalue weighted by Crippen LogP contribution is 2.05. The first kappa shape index (κ1) is 11.2. The van der Waals surface area contributed by atoms with Gasteiger partial charge in [0.1, 0.15) is 0 Å². The van der Waals surface area contributed by atoms with E-state index in [0.717, 1.165) is 0 Å². The van der Waals surface area contributed by atoms with Gasteiger partial charge in [-0.2, -0.15) is 5.48 Å². The van der Waals surface area contributed by atoms with E-state index >= 15 is 0 Å². The molecule has 0 heterocycles. The van der Waals surface area contributed by atoms with Crippen LogP contribution in [-0.2, 0) is 14.6 Å². The monoisotopic (exact) mass is 177 g/mol. The normalized spacial score (nSPS) is 11.0. The van der Waals surface area contributed by atoms with Crippen LogP contribution in [-0.4, -0.2) is 18.3 Å². The van der Waals surface area contributed by atoms with Crippen molar-refractivity contribution in [2.75, 3.05) is 6.61 Å². The predicted molar refractivity (Wildman–Crippen MR) is 42.1 cm³/mol. The van der Waals surface area contributed by atoms with Crippen LogP contribution in [0.1, 0.15) is 27.7 Å². The summed E-state index contributed by atoms with van der Waals surface area (Å²) in [5, 5.41) is 0. The lowest BCUT2D eigenvalue weighted by Crippen LogP contribution is -2.30. The number of rotatable bonds is 3. The zero-order valence-electron chi connectivity index (χ0n) is 7.84. The van der Waals surface area contributed by atoms with Crippen molar-refractivity contribution in [2.24, 2.45) is 0 Å². The molecule has 0 fully saturated rings. The molecule has 0 saturated heterocycles. The largest absolute Gasteiger partial charge is 0.448 e. The summed E-state index contributed by atoms with van der Waals surface area (Å²) in [6, 6.07) is 0. The van der Waals surface area contributed by atoms with Crippen LogP contribution in [0.5, 0.6) is 0 Å². The van der Waals surface area contributed by atoms with Gasteiger partial charge in [0, 0.05) is 0 Å². The summed E-state index contributed by atoms with van der Waals surface area (Å²) < 4.78 is 4.50. The van der Waals surface area contributed by atoms with Crippen molar-refractivity contribution in [1.29, 1.82) is 0 Å². The van der Waals surface area contributed by atoms with Gasteiger partial charge >= 0.3 is 6.09 Å². The molecule has 0 bridgehead atoms. The molecule has 0 aromatic heterocycles. The van der Waals surface area contributed by atoms with E-state index < -0.39 is 11.7 Å². The van der Waals surface area contributed by atoms with E-state index in [1.807, 2.05) is 5.48 Å². The Balaban J connectivity index is 3.37. The molecule has 0 aliphatic heterocycles. The lowest BCUT2D eigenvalue weighted by atomic mass is 10.2. The number of nitrogens with one attached hydrogen (secondary N) is 1. The van der Waals surface area contributed by atoms with Crippen LogP contribution in [0.4, 0.5) is 4.79 Å². The maximum atomic E-state index is 10.6. The highest BCUT2D eigenvalue weighted by molar-refractivity contribution is 5.65. The van der Waals surface area contributed by atoms with E-state index in [4.69, 9.17) is 4.89 Å². The first-order valence-corrected chi connectivity index (χ1v) is 3.73. The molecule has 0 aromatic rings. The van der Waals surface area contributed by atoms with E-state index in [9.17, 15) is 4.79 Å². The summed E-state index contributed by atoms with van der Waals surface area (Å²) in [7, 11) is 0. The van der Waals surface area contributed by atoms with Crippen molar-refractivity contribution < 1.29 is 19.4 Å². The van der Waals surface area contributed by atoms with Crippen molar-refractivity contribution in [1.82, 2.24) is 5.48 Å². The molecule has 0 aromatic carbocycles. The highest BCUT2D eigenvalue weighted by Gasteiger charge is 2.12. The number of amides is 1. The van der Waals surface area contributed by atoms with Gasteiger partial charge in [-0.3, -0.25) is 0 Å². The van der Waals surface area contributed by atoms with Crippen LogP contribution >= 0.6 is 0 Å². The molecule has 1 N–H and O–H groups in total. The minimum atomic E-state index is -0.665. The zero-order chi connectivity index (χ0) is 9.61. The van der Waals surface area contributed by atoms with Crippen molar-refractivity contribution >= 4 is 6.09 Å². The Morgan fingerprint density at radius 3 is 2.42 bits per heavy atom. The average molecular weight is 177 g/mol. The van der Waals surface area contributed by atoms with E-state index in [2.05, 4.69) is 9.73 Å². The third-order valence-electron chi connectivity index (χ3n) is 0.692. The lowest BCUT2D eigenvalue weighted by Gasteiger charge is -2.16. The molecule has 1 amide bonds. The molecule has 0 radical (unpaired) electrons. The molecule has 0 aliphatic carbocycles. The number of carbonyl (C=O) groups excluding carboxylic acids is 1. The summed E-state index contributed by atoms with van der Waals surface area (Å²) in [4.78, 5) is 19.7. The molecule has 0 atom stereocenters. The SMILES string of the molecule is CCOC(=O)NOOC(C)(C)C. The zero-order valence-corrected chi connectivity index (χ0v) is 7.84. The fourth-order valence-corrected chi connectivity index (χ4v) is 0.340. The fourth-order valence-electron chi connectivity index (χ4n) is 0.340. The molecule has 0 aliphatic rings. The van der Waals surface area contributed by atoms with Crippen LogP contribution in [0.2, 0.25) is 0 Å². The van der Waals surface area contributed by atoms with Gasteiger partial charge in [0.15, 0.2) is 0 Å². The van der Waals surface area contributed by atoms with Gasteiger partial charge in [-0.1, -0.05) is 0 Å². The first-order valence-electron chi connectivity index (χ1n) is 3.73. The summed E-state index contributed by atoms with van der Waals surface area (Å²) in [5.41, 5.74) is 1.50. The van der Waals surface area contributed by atoms with E-state index in [1.165, 1.54) is 0 Å². The second kappa shape index (κ2) is 4.95. The van der Waals surface area contributed by atoms with Gasteiger partial charge < -0.3 is 4.74 Å². The van der Waals surface area contributed by atoms with Crippen LogP contribution in [0.3, 0.4) is 0 Å². The Hall–Kier alpha value is -0.810. The van der Waals surface area contributed by atoms with E-state index in [0.29, 0.717) is 6.61 Å². The van der Waals surface area contributed by atoms with Gasteiger partial charge in [0.25, 0.3) is 0 Å². The third-order valence-corrected chi connectivity index (χ3v) is 0.692. The van der Waals surface area contributed by atoms with Crippen LogP contribution in [0.25, 0.3) is 0 Å². The Morgan fingerprint density at radius 2 is 2.00 bits per heavy atom. The quantitative estimate of drug-likeness (QED) is 0.523. The predicted octanol–water partition coefficient (Wildman–Crippen LogP) is 1.39. The molecule has 0 saturated carbocycles. The van der Waals surface area contributed by atoms with Gasteiger partial charge in [0.05, 0.1) is 12.2 Å². The van der Waals surface area contributed by atoms with E-state index in [1.54, 1.807) is 27.7 Å². The van der Waals surface area contributed by atoms with Gasteiger partial charge in [0.2, 0.25) is 0 Å². The molecule has 72 valence electrons. The summed E-state index contributed by atoms with van der Waals surface area (Å²) >= 11 is 0. The maximum Gasteiger partial charge on any atom is 0.433 e. The standard InChI is InChI=1S/C7H15NO4/c1-5-10-6(9)8-12-11-7(2,3)4/h5H2,1-4H3,(H,8,9). The van der Waals surface area contributed by atoms with Gasteiger partial charge in [-0.15, -0.1) is 4.99 Å². The number of hydrogen-bond donors (Lipinski definition) is 1. The molecule has 0 rings (SSSR count). The Labute approximate surface area is 71.9 Å². The lowest BCUT2D eigenvalue weighted by molar-refractivity contribution is -0.375. The summed E-state index contributed by atoms with van der Waals surface area (Å²) in [6.07, 6.45) is -0.665. The van der Waals surface area contributed by atoms with Crippen LogP contribution in [0.15, 0.2) is 0 Å². The molecular weight excluding hydrogens is 162 g/mol. The molecule has 5 nitrogen and oxygen atoms in total. The van der Waals surface area contributed by atoms with Crippen LogP contribution < -0.4 is 5.48 Å². The molecule has 0 unspecified atom stereocenters. The van der Waals surface area contributed by atoms with Crippen molar-refractivity contribution in [3.63, 3.8) is 0 Å². The topological polar surface area (TPSA) is 56.8 Å². The minimum absolute atomic E-state index is 0.296. The van der Waals surface area contributed by atoms with Gasteiger partial charge in [-0.25, -0.2) is 9.68 Å². The Kier molecular flexibility index (Phi) is 4.61. The number of hydrogen-bond acceptors (Lipinski definition) is 4. The third kappa shape index (κ3) is 7.30. The molecule has 0 spiro atoms. The van der Waals surface area contributed by atoms with Crippen molar-refractivity contribution in [3.05, 3.63) is 0 Å². The fraction of sp³-hybridized carbons (Fsp3) is 0.857. The number of hydroxylamine groups is 1. The molecule has 5 heteroatoms. The Bertz CT molecular complexity index is 141. The van der Waals surface area contributed by atoms with Crippen LogP contribution in [0, 0.1) is 0 Å². The summed E-state index contributed by atoms with van der Waals surface area (Å²) in [5.74, 6) is 0. The molecular formula is C7H15NO4. The smallest absolute Gasteiger partial charge is 0.433 e. The summed E-state index contributed by atoms with van der Waals surface area (Å²) in [6.45, 7) is 7.37. The number of carbonyl (C=O) groups is 1.